The molecule has 0 unspecified atom stereocenters. The van der Waals surface area contributed by atoms with Gasteiger partial charge in [-0.1, -0.05) is 30.3 Å². The Morgan fingerprint density at radius 2 is 1.96 bits per heavy atom. The van der Waals surface area contributed by atoms with E-state index in [9.17, 15) is 18.4 Å². The standard InChI is InChI=1S/C20H23F2N3O3/c1-12(13-6-4-3-5-7-13)28-16-10-15(25-17(16)19(27)23-2)18(26)24-14-8-9-20(21,22)11-14/h3-7,10,12,14,25H,8-9,11H2,1-2H3,(H,23,27)(H,24,26)/t12-,14-/m0/s1. The molecule has 6 nitrogen and oxygen atoms in total. The van der Waals surface area contributed by atoms with Gasteiger partial charge in [-0.15, -0.1) is 0 Å². The first-order valence-electron chi connectivity index (χ1n) is 9.14. The van der Waals surface area contributed by atoms with Crippen molar-refractivity contribution in [3.63, 3.8) is 0 Å². The Morgan fingerprint density at radius 3 is 2.57 bits per heavy atom. The van der Waals surface area contributed by atoms with E-state index in [1.54, 1.807) is 0 Å². The fourth-order valence-corrected chi connectivity index (χ4v) is 3.26. The number of carbonyl (C=O) groups excluding carboxylic acids is 2. The van der Waals surface area contributed by atoms with Gasteiger partial charge in [0.05, 0.1) is 0 Å². The number of hydrogen-bond acceptors (Lipinski definition) is 3. The van der Waals surface area contributed by atoms with Crippen LogP contribution in [0, 0.1) is 0 Å². The average Bonchev–Trinajstić information content (AvgIpc) is 3.24. The summed E-state index contributed by atoms with van der Waals surface area (Å²) in [7, 11) is 1.47. The number of carbonyl (C=O) groups is 2. The van der Waals surface area contributed by atoms with Gasteiger partial charge >= 0.3 is 0 Å². The molecule has 1 aliphatic carbocycles. The minimum absolute atomic E-state index is 0.0871. The number of aromatic amines is 1. The number of nitrogens with one attached hydrogen (secondary N) is 3. The number of hydrogen-bond donors (Lipinski definition) is 3. The predicted molar refractivity (Wildman–Crippen MR) is 99.7 cm³/mol. The summed E-state index contributed by atoms with van der Waals surface area (Å²) in [4.78, 5) is 27.4. The highest BCUT2D eigenvalue weighted by molar-refractivity contribution is 5.99. The molecule has 1 heterocycles. The van der Waals surface area contributed by atoms with E-state index in [2.05, 4.69) is 15.6 Å². The first-order chi connectivity index (χ1) is 13.3. The molecule has 2 atom stereocenters. The highest BCUT2D eigenvalue weighted by Crippen LogP contribution is 2.35. The second kappa shape index (κ2) is 8.00. The first-order valence-corrected chi connectivity index (χ1v) is 9.14. The monoisotopic (exact) mass is 391 g/mol. The number of halogens is 2. The van der Waals surface area contributed by atoms with Crippen molar-refractivity contribution in [2.75, 3.05) is 7.05 Å². The lowest BCUT2D eigenvalue weighted by atomic mass is 10.1. The van der Waals surface area contributed by atoms with Crippen molar-refractivity contribution in [1.29, 1.82) is 0 Å². The molecule has 1 aliphatic rings. The topological polar surface area (TPSA) is 83.2 Å². The minimum Gasteiger partial charge on any atom is -0.484 e. The zero-order valence-electron chi connectivity index (χ0n) is 15.7. The molecule has 3 N–H and O–H groups in total. The number of H-pyrrole nitrogens is 1. The second-order valence-corrected chi connectivity index (χ2v) is 6.94. The predicted octanol–water partition coefficient (Wildman–Crippen LogP) is 3.43. The van der Waals surface area contributed by atoms with E-state index >= 15 is 0 Å². The molecule has 1 saturated carbocycles. The van der Waals surface area contributed by atoms with Gasteiger partial charge < -0.3 is 20.4 Å². The molecule has 1 aromatic heterocycles. The van der Waals surface area contributed by atoms with E-state index in [0.29, 0.717) is 0 Å². The number of aromatic nitrogens is 1. The Labute approximate surface area is 161 Å². The van der Waals surface area contributed by atoms with Gasteiger partial charge in [0, 0.05) is 32.0 Å². The van der Waals surface area contributed by atoms with Crippen LogP contribution < -0.4 is 15.4 Å². The summed E-state index contributed by atoms with van der Waals surface area (Å²) < 4.78 is 32.6. The number of ether oxygens (including phenoxy) is 1. The van der Waals surface area contributed by atoms with Crippen LogP contribution in [0.4, 0.5) is 8.78 Å². The number of rotatable bonds is 6. The molecular formula is C20H23F2N3O3. The van der Waals surface area contributed by atoms with E-state index in [1.807, 2.05) is 37.3 Å². The molecule has 0 radical (unpaired) electrons. The van der Waals surface area contributed by atoms with Crippen LogP contribution >= 0.6 is 0 Å². The van der Waals surface area contributed by atoms with Gasteiger partial charge in [0.15, 0.2) is 5.75 Å². The SMILES string of the molecule is CNC(=O)c1[nH]c(C(=O)N[C@H]2CCC(F)(F)C2)cc1O[C@@H](C)c1ccccc1. The van der Waals surface area contributed by atoms with Crippen molar-refractivity contribution in [1.82, 2.24) is 15.6 Å². The molecule has 1 fully saturated rings. The van der Waals surface area contributed by atoms with Crippen LogP contribution in [0.5, 0.6) is 5.75 Å². The van der Waals surface area contributed by atoms with E-state index in [4.69, 9.17) is 4.74 Å². The summed E-state index contributed by atoms with van der Waals surface area (Å²) in [6.45, 7) is 1.83. The van der Waals surface area contributed by atoms with Gasteiger partial charge in [-0.2, -0.15) is 0 Å². The van der Waals surface area contributed by atoms with Crippen molar-refractivity contribution >= 4 is 11.8 Å². The second-order valence-electron chi connectivity index (χ2n) is 6.94. The highest BCUT2D eigenvalue weighted by atomic mass is 19.3. The Morgan fingerprint density at radius 1 is 1.25 bits per heavy atom. The van der Waals surface area contributed by atoms with Gasteiger partial charge in [-0.3, -0.25) is 9.59 Å². The molecule has 0 saturated heterocycles. The smallest absolute Gasteiger partial charge is 0.271 e. The van der Waals surface area contributed by atoms with Gasteiger partial charge in [0.2, 0.25) is 5.92 Å². The molecule has 0 spiro atoms. The molecule has 2 aromatic rings. The summed E-state index contributed by atoms with van der Waals surface area (Å²) in [5.41, 5.74) is 1.10. The third kappa shape index (κ3) is 4.49. The van der Waals surface area contributed by atoms with Crippen LogP contribution in [0.15, 0.2) is 36.4 Å². The highest BCUT2D eigenvalue weighted by Gasteiger charge is 2.40. The lowest BCUT2D eigenvalue weighted by Gasteiger charge is -2.15. The Balaban J connectivity index is 1.77. The summed E-state index contributed by atoms with van der Waals surface area (Å²) in [6.07, 6.45) is -0.758. The first kappa shape index (κ1) is 19.9. The van der Waals surface area contributed by atoms with Crippen LogP contribution in [-0.2, 0) is 0 Å². The maximum atomic E-state index is 13.3. The van der Waals surface area contributed by atoms with Crippen molar-refractivity contribution < 1.29 is 23.1 Å². The van der Waals surface area contributed by atoms with Gasteiger partial charge in [-0.05, 0) is 18.9 Å². The fourth-order valence-electron chi connectivity index (χ4n) is 3.26. The van der Waals surface area contributed by atoms with Gasteiger partial charge in [0.1, 0.15) is 17.5 Å². The molecule has 0 bridgehead atoms. The molecular weight excluding hydrogens is 368 g/mol. The maximum absolute atomic E-state index is 13.3. The third-order valence-electron chi connectivity index (χ3n) is 4.79. The molecule has 8 heteroatoms. The lowest BCUT2D eigenvalue weighted by molar-refractivity contribution is 0.00709. The summed E-state index contributed by atoms with van der Waals surface area (Å²) >= 11 is 0. The lowest BCUT2D eigenvalue weighted by Crippen LogP contribution is -2.34. The fraction of sp³-hybridized carbons (Fsp3) is 0.400. The zero-order valence-corrected chi connectivity index (χ0v) is 15.7. The Hall–Kier alpha value is -2.90. The number of alkyl halides is 2. The molecule has 28 heavy (non-hydrogen) atoms. The zero-order chi connectivity index (χ0) is 20.3. The molecule has 3 rings (SSSR count). The third-order valence-corrected chi connectivity index (χ3v) is 4.79. The van der Waals surface area contributed by atoms with Crippen molar-refractivity contribution in [3.05, 3.63) is 53.3 Å². The largest absolute Gasteiger partial charge is 0.484 e. The van der Waals surface area contributed by atoms with Crippen LogP contribution in [0.25, 0.3) is 0 Å². The molecule has 2 amide bonds. The van der Waals surface area contributed by atoms with E-state index in [0.717, 1.165) is 5.56 Å². The summed E-state index contributed by atoms with van der Waals surface area (Å²) in [6, 6.07) is 10.3. The van der Waals surface area contributed by atoms with Gasteiger partial charge in [0.25, 0.3) is 11.8 Å². The van der Waals surface area contributed by atoms with Crippen LogP contribution in [0.3, 0.4) is 0 Å². The molecule has 1 aromatic carbocycles. The van der Waals surface area contributed by atoms with E-state index < -0.39 is 23.8 Å². The molecule has 0 aliphatic heterocycles. The van der Waals surface area contributed by atoms with Crippen LogP contribution in [0.2, 0.25) is 0 Å². The van der Waals surface area contributed by atoms with Gasteiger partial charge in [-0.25, -0.2) is 8.78 Å². The maximum Gasteiger partial charge on any atom is 0.271 e. The Kier molecular flexibility index (Phi) is 5.67. The van der Waals surface area contributed by atoms with Crippen molar-refractivity contribution in [2.45, 2.75) is 44.3 Å². The Bertz CT molecular complexity index is 852. The molecule has 150 valence electrons. The van der Waals surface area contributed by atoms with E-state index in [-0.39, 0.29) is 42.5 Å². The van der Waals surface area contributed by atoms with Crippen molar-refractivity contribution in [3.8, 4) is 5.75 Å². The van der Waals surface area contributed by atoms with Crippen LogP contribution in [-0.4, -0.2) is 35.8 Å². The summed E-state index contributed by atoms with van der Waals surface area (Å²) in [5, 5.41) is 5.09. The van der Waals surface area contributed by atoms with Crippen LogP contribution in [0.1, 0.15) is 58.8 Å². The quantitative estimate of drug-likeness (QED) is 0.706. The normalized spacial score (nSPS) is 19.1. The average molecular weight is 391 g/mol. The van der Waals surface area contributed by atoms with E-state index in [1.165, 1.54) is 13.1 Å². The number of benzene rings is 1. The summed E-state index contributed by atoms with van der Waals surface area (Å²) in [5.74, 6) is -3.52. The minimum atomic E-state index is -2.75. The van der Waals surface area contributed by atoms with Crippen molar-refractivity contribution in [2.24, 2.45) is 0 Å². The number of amides is 2.